The van der Waals surface area contributed by atoms with Gasteiger partial charge in [0.15, 0.2) is 0 Å². The molecule has 0 aromatic rings. The topological polar surface area (TPSA) is 66.8 Å². The number of halogens is 7. The summed E-state index contributed by atoms with van der Waals surface area (Å²) in [5, 5.41) is 16.8. The van der Waals surface area contributed by atoms with Gasteiger partial charge >= 0.3 is 30.0 Å². The van der Waals surface area contributed by atoms with Gasteiger partial charge in [0.2, 0.25) is 0 Å². The van der Waals surface area contributed by atoms with Crippen LogP contribution in [0.5, 0.6) is 0 Å². The number of carbonyl (C=O) groups is 1. The fraction of sp³-hybridized carbons (Fsp3) is 0.571. The second kappa shape index (κ2) is 4.39. The van der Waals surface area contributed by atoms with E-state index in [9.17, 15) is 35.5 Å². The minimum atomic E-state index is -6.84. The van der Waals surface area contributed by atoms with Gasteiger partial charge < -0.3 is 14.9 Å². The Kier molecular flexibility index (Phi) is 4.06. The van der Waals surface area contributed by atoms with E-state index in [1.165, 1.54) is 0 Å². The molecule has 0 spiro atoms. The number of hydrogen-bond donors (Lipinski definition) is 2. The number of aliphatic hydroxyl groups is 2. The Balaban J connectivity index is 5.49. The summed E-state index contributed by atoms with van der Waals surface area (Å²) in [5.41, 5.74) is 0. The van der Waals surface area contributed by atoms with E-state index >= 15 is 0 Å². The van der Waals surface area contributed by atoms with Crippen molar-refractivity contribution in [3.05, 3.63) is 12.7 Å². The van der Waals surface area contributed by atoms with E-state index in [4.69, 9.17) is 10.2 Å². The zero-order valence-corrected chi connectivity index (χ0v) is 8.14. The predicted octanol–water partition coefficient (Wildman–Crippen LogP) is 1.19. The molecule has 0 bridgehead atoms. The first kappa shape index (κ1) is 16.6. The Morgan fingerprint density at radius 2 is 1.39 bits per heavy atom. The molecule has 0 aliphatic heterocycles. The van der Waals surface area contributed by atoms with E-state index < -0.39 is 30.0 Å². The average Bonchev–Trinajstić information content (AvgIpc) is 2.14. The van der Waals surface area contributed by atoms with Crippen molar-refractivity contribution in [2.75, 3.05) is 0 Å². The van der Waals surface area contributed by atoms with Crippen LogP contribution in [0.1, 0.15) is 0 Å². The number of hydrogen-bond acceptors (Lipinski definition) is 4. The number of alkyl halides is 7. The summed E-state index contributed by atoms with van der Waals surface area (Å²) in [6.45, 7) is 2.59. The van der Waals surface area contributed by atoms with Crippen molar-refractivity contribution in [1.82, 2.24) is 0 Å². The molecule has 2 N–H and O–H groups in total. The van der Waals surface area contributed by atoms with Crippen LogP contribution in [0.25, 0.3) is 0 Å². The van der Waals surface area contributed by atoms with Crippen molar-refractivity contribution < 1.29 is 50.5 Å². The summed E-state index contributed by atoms with van der Waals surface area (Å²) in [4.78, 5) is 10.3. The second-order valence-corrected chi connectivity index (χ2v) is 2.88. The van der Waals surface area contributed by atoms with Crippen LogP contribution < -0.4 is 0 Å². The van der Waals surface area contributed by atoms with Crippen LogP contribution >= 0.6 is 0 Å². The van der Waals surface area contributed by atoms with E-state index in [-0.39, 0.29) is 6.08 Å². The molecule has 0 fully saturated rings. The Hall–Kier alpha value is -1.36. The predicted molar refractivity (Wildman–Crippen MR) is 39.4 cm³/mol. The van der Waals surface area contributed by atoms with Crippen LogP contribution in [0.2, 0.25) is 0 Å². The van der Waals surface area contributed by atoms with Crippen molar-refractivity contribution in [2.24, 2.45) is 0 Å². The molecule has 0 saturated heterocycles. The Labute approximate surface area is 94.3 Å². The monoisotopic (exact) mass is 286 g/mol. The van der Waals surface area contributed by atoms with Crippen molar-refractivity contribution >= 4 is 5.97 Å². The molecular weight excluding hydrogens is 281 g/mol. The van der Waals surface area contributed by atoms with E-state index in [2.05, 4.69) is 11.3 Å². The molecule has 0 amide bonds. The van der Waals surface area contributed by atoms with Crippen LogP contribution in [-0.2, 0) is 9.53 Å². The highest BCUT2D eigenvalue weighted by Gasteiger charge is 2.82. The van der Waals surface area contributed by atoms with Gasteiger partial charge in [0.25, 0.3) is 0 Å². The van der Waals surface area contributed by atoms with Crippen molar-refractivity contribution in [3.8, 4) is 0 Å². The van der Waals surface area contributed by atoms with Crippen molar-refractivity contribution in [2.45, 2.75) is 24.0 Å². The summed E-state index contributed by atoms with van der Waals surface area (Å²) in [6, 6.07) is 0. The zero-order chi connectivity index (χ0) is 15.0. The third-order valence-corrected chi connectivity index (χ3v) is 1.57. The number of carbonyl (C=O) groups excluding carboxylic acids is 1. The van der Waals surface area contributed by atoms with Crippen LogP contribution in [-0.4, -0.2) is 40.2 Å². The van der Waals surface area contributed by atoms with Gasteiger partial charge in [-0.2, -0.15) is 30.7 Å². The van der Waals surface area contributed by atoms with Crippen molar-refractivity contribution in [1.29, 1.82) is 0 Å². The maximum absolute atomic E-state index is 12.7. The fourth-order valence-electron chi connectivity index (χ4n) is 0.629. The third kappa shape index (κ3) is 2.56. The van der Waals surface area contributed by atoms with Gasteiger partial charge in [0.1, 0.15) is 0 Å². The first-order chi connectivity index (χ1) is 7.70. The van der Waals surface area contributed by atoms with Gasteiger partial charge in [-0.15, -0.1) is 0 Å². The van der Waals surface area contributed by atoms with Gasteiger partial charge in [0.05, 0.1) is 0 Å². The molecule has 0 unspecified atom stereocenters. The van der Waals surface area contributed by atoms with Crippen molar-refractivity contribution in [3.63, 3.8) is 0 Å². The molecule has 0 saturated carbocycles. The standard InChI is InChI=1S/C7H5F7O4/c1-2-3(15)18-7(16,17)5(10,11)4(8,9)6(12,13)14/h2,16-17H,1H2. The molecule has 0 rings (SSSR count). The minimum absolute atomic E-state index is 0.0446. The molecule has 0 aliphatic rings. The lowest BCUT2D eigenvalue weighted by Crippen LogP contribution is -2.65. The third-order valence-electron chi connectivity index (χ3n) is 1.57. The van der Waals surface area contributed by atoms with Crippen LogP contribution in [0.4, 0.5) is 30.7 Å². The number of ether oxygens (including phenoxy) is 1. The quantitative estimate of drug-likeness (QED) is 0.352. The molecule has 11 heteroatoms. The maximum atomic E-state index is 12.7. The highest BCUT2D eigenvalue weighted by molar-refractivity contribution is 5.81. The lowest BCUT2D eigenvalue weighted by atomic mass is 10.1. The largest absolute Gasteiger partial charge is 0.460 e. The summed E-state index contributed by atoms with van der Waals surface area (Å²) < 4.78 is 88.0. The van der Waals surface area contributed by atoms with Crippen LogP contribution in [0.15, 0.2) is 12.7 Å². The molecular formula is C7H5F7O4. The highest BCUT2D eigenvalue weighted by atomic mass is 19.4. The van der Waals surface area contributed by atoms with E-state index in [0.717, 1.165) is 0 Å². The molecule has 0 atom stereocenters. The SMILES string of the molecule is C=CC(=O)OC(O)(O)C(F)(F)C(F)(F)C(F)(F)F. The first-order valence-corrected chi connectivity index (χ1v) is 3.83. The molecule has 4 nitrogen and oxygen atoms in total. The molecule has 0 heterocycles. The van der Waals surface area contributed by atoms with Crippen LogP contribution in [0.3, 0.4) is 0 Å². The Bertz CT molecular complexity index is 346. The molecule has 18 heavy (non-hydrogen) atoms. The van der Waals surface area contributed by atoms with E-state index in [1.54, 1.807) is 0 Å². The number of rotatable bonds is 4. The number of esters is 1. The van der Waals surface area contributed by atoms with E-state index in [0.29, 0.717) is 0 Å². The maximum Gasteiger partial charge on any atom is 0.460 e. The fourth-order valence-corrected chi connectivity index (χ4v) is 0.629. The lowest BCUT2D eigenvalue weighted by Gasteiger charge is -2.34. The van der Waals surface area contributed by atoms with Gasteiger partial charge in [0, 0.05) is 6.08 Å². The molecule has 0 aromatic heterocycles. The normalized spacial score (nSPS) is 14.3. The molecule has 0 aromatic carbocycles. The summed E-state index contributed by atoms with van der Waals surface area (Å²) in [6.07, 6.45) is -6.75. The van der Waals surface area contributed by atoms with Gasteiger partial charge in [-0.1, -0.05) is 6.58 Å². The minimum Gasteiger partial charge on any atom is -0.400 e. The summed E-state index contributed by atoms with van der Waals surface area (Å²) in [5.74, 6) is -20.8. The zero-order valence-electron chi connectivity index (χ0n) is 8.14. The smallest absolute Gasteiger partial charge is 0.400 e. The van der Waals surface area contributed by atoms with Gasteiger partial charge in [-0.3, -0.25) is 0 Å². The molecule has 106 valence electrons. The highest BCUT2D eigenvalue weighted by Crippen LogP contribution is 2.50. The van der Waals surface area contributed by atoms with Gasteiger partial charge in [-0.25, -0.2) is 4.79 Å². The Morgan fingerprint density at radius 1 is 1.00 bits per heavy atom. The van der Waals surface area contributed by atoms with Crippen LogP contribution in [0, 0.1) is 0 Å². The first-order valence-electron chi connectivity index (χ1n) is 3.83. The lowest BCUT2D eigenvalue weighted by molar-refractivity contribution is -0.474. The molecule has 0 aliphatic carbocycles. The van der Waals surface area contributed by atoms with E-state index in [1.807, 2.05) is 0 Å². The molecule has 0 radical (unpaired) electrons. The second-order valence-electron chi connectivity index (χ2n) is 2.88. The summed E-state index contributed by atoms with van der Waals surface area (Å²) in [7, 11) is 0. The van der Waals surface area contributed by atoms with Gasteiger partial charge in [-0.05, 0) is 0 Å². The Morgan fingerprint density at radius 3 is 1.67 bits per heavy atom. The summed E-state index contributed by atoms with van der Waals surface area (Å²) >= 11 is 0. The average molecular weight is 286 g/mol.